The van der Waals surface area contributed by atoms with Crippen molar-refractivity contribution in [2.75, 3.05) is 6.54 Å². The van der Waals surface area contributed by atoms with Crippen LogP contribution < -0.4 is 10.9 Å². The Bertz CT molecular complexity index is 914. The molecule has 0 saturated carbocycles. The highest BCUT2D eigenvalue weighted by atomic mass is 16.4. The van der Waals surface area contributed by atoms with E-state index in [0.29, 0.717) is 11.0 Å². The molecule has 4 rings (SSSR count). The van der Waals surface area contributed by atoms with Gasteiger partial charge in [-0.15, -0.1) is 0 Å². The van der Waals surface area contributed by atoms with Crippen molar-refractivity contribution in [2.24, 2.45) is 0 Å². The summed E-state index contributed by atoms with van der Waals surface area (Å²) < 4.78 is 5.39. The van der Waals surface area contributed by atoms with Crippen LogP contribution in [0.2, 0.25) is 0 Å². The summed E-state index contributed by atoms with van der Waals surface area (Å²) in [6.07, 6.45) is 0.909. The maximum atomic E-state index is 12.4. The molecule has 2 N–H and O–H groups in total. The molecule has 1 aromatic heterocycles. The number of fused-ring (bicyclic) bond motifs is 2. The van der Waals surface area contributed by atoms with Crippen LogP contribution in [0.5, 0.6) is 5.75 Å². The molecule has 0 radical (unpaired) electrons. The predicted molar refractivity (Wildman–Crippen MR) is 84.1 cm³/mol. The molecule has 0 aliphatic carbocycles. The SMILES string of the molecule is O=c1oc2ccccc2c(O)c1[C@H]1NCCc2ccccc21. The van der Waals surface area contributed by atoms with Crippen molar-refractivity contribution in [1.29, 1.82) is 0 Å². The van der Waals surface area contributed by atoms with E-state index in [-0.39, 0.29) is 17.4 Å². The van der Waals surface area contributed by atoms with E-state index < -0.39 is 5.63 Å². The average Bonchev–Trinajstić information content (AvgIpc) is 2.55. The fourth-order valence-electron chi connectivity index (χ4n) is 3.16. The zero-order valence-electron chi connectivity index (χ0n) is 11.9. The highest BCUT2D eigenvalue weighted by molar-refractivity contribution is 5.84. The highest BCUT2D eigenvalue weighted by Gasteiger charge is 2.28. The van der Waals surface area contributed by atoms with Crippen LogP contribution in [0.4, 0.5) is 0 Å². The molecule has 0 spiro atoms. The van der Waals surface area contributed by atoms with Gasteiger partial charge in [0.15, 0.2) is 0 Å². The summed E-state index contributed by atoms with van der Waals surface area (Å²) in [4.78, 5) is 12.4. The van der Waals surface area contributed by atoms with Crippen LogP contribution in [-0.2, 0) is 6.42 Å². The van der Waals surface area contributed by atoms with Gasteiger partial charge in [-0.2, -0.15) is 0 Å². The second-order valence-corrected chi connectivity index (χ2v) is 5.48. The lowest BCUT2D eigenvalue weighted by Crippen LogP contribution is -2.33. The van der Waals surface area contributed by atoms with Crippen LogP contribution >= 0.6 is 0 Å². The number of para-hydroxylation sites is 1. The number of hydrogen-bond donors (Lipinski definition) is 2. The van der Waals surface area contributed by atoms with Crippen LogP contribution in [0.3, 0.4) is 0 Å². The molecule has 2 aromatic carbocycles. The fraction of sp³-hybridized carbons (Fsp3) is 0.167. The lowest BCUT2D eigenvalue weighted by atomic mass is 9.90. The lowest BCUT2D eigenvalue weighted by Gasteiger charge is -2.27. The Kier molecular flexibility index (Phi) is 2.98. The van der Waals surface area contributed by atoms with Crippen molar-refractivity contribution in [1.82, 2.24) is 5.32 Å². The molecule has 1 atom stereocenters. The van der Waals surface area contributed by atoms with E-state index in [9.17, 15) is 9.90 Å². The van der Waals surface area contributed by atoms with E-state index in [1.807, 2.05) is 24.3 Å². The largest absolute Gasteiger partial charge is 0.507 e. The molecule has 4 nitrogen and oxygen atoms in total. The smallest absolute Gasteiger partial charge is 0.345 e. The van der Waals surface area contributed by atoms with Crippen LogP contribution in [0.25, 0.3) is 11.0 Å². The molecular formula is C18H15NO3. The summed E-state index contributed by atoms with van der Waals surface area (Å²) in [5, 5.41) is 14.5. The Balaban J connectivity index is 1.98. The second-order valence-electron chi connectivity index (χ2n) is 5.48. The van der Waals surface area contributed by atoms with Gasteiger partial charge in [0.25, 0.3) is 0 Å². The van der Waals surface area contributed by atoms with Gasteiger partial charge in [-0.25, -0.2) is 4.79 Å². The normalized spacial score (nSPS) is 17.4. The second kappa shape index (κ2) is 5.00. The molecule has 3 aromatic rings. The van der Waals surface area contributed by atoms with Crippen molar-refractivity contribution in [3.8, 4) is 5.75 Å². The summed E-state index contributed by atoms with van der Waals surface area (Å²) in [7, 11) is 0. The van der Waals surface area contributed by atoms with Gasteiger partial charge >= 0.3 is 5.63 Å². The lowest BCUT2D eigenvalue weighted by molar-refractivity contribution is 0.437. The third-order valence-corrected chi connectivity index (χ3v) is 4.22. The van der Waals surface area contributed by atoms with Gasteiger partial charge in [-0.1, -0.05) is 36.4 Å². The van der Waals surface area contributed by atoms with Gasteiger partial charge in [0.2, 0.25) is 0 Å². The molecule has 0 amide bonds. The number of benzene rings is 2. The minimum atomic E-state index is -0.495. The maximum Gasteiger partial charge on any atom is 0.345 e. The van der Waals surface area contributed by atoms with Crippen LogP contribution in [0, 0.1) is 0 Å². The first-order chi connectivity index (χ1) is 10.8. The summed E-state index contributed by atoms with van der Waals surface area (Å²) in [5.41, 5.74) is 2.40. The monoisotopic (exact) mass is 293 g/mol. The summed E-state index contributed by atoms with van der Waals surface area (Å²) in [6, 6.07) is 14.7. The van der Waals surface area contributed by atoms with Gasteiger partial charge in [0.05, 0.1) is 11.4 Å². The Hall–Kier alpha value is -2.59. The van der Waals surface area contributed by atoms with Crippen molar-refractivity contribution in [2.45, 2.75) is 12.5 Å². The molecule has 0 saturated heterocycles. The van der Waals surface area contributed by atoms with E-state index in [2.05, 4.69) is 11.4 Å². The Labute approximate surface area is 127 Å². The molecule has 4 heteroatoms. The van der Waals surface area contributed by atoms with Crippen molar-refractivity contribution in [3.05, 3.63) is 75.6 Å². The topological polar surface area (TPSA) is 62.5 Å². The summed E-state index contributed by atoms with van der Waals surface area (Å²) >= 11 is 0. The molecular weight excluding hydrogens is 278 g/mol. The molecule has 0 unspecified atom stereocenters. The van der Waals surface area contributed by atoms with E-state index >= 15 is 0 Å². The molecule has 1 aliphatic rings. The van der Waals surface area contributed by atoms with Gasteiger partial charge in [0.1, 0.15) is 16.9 Å². The third-order valence-electron chi connectivity index (χ3n) is 4.22. The first-order valence-corrected chi connectivity index (χ1v) is 7.31. The Morgan fingerprint density at radius 1 is 1.09 bits per heavy atom. The summed E-state index contributed by atoms with van der Waals surface area (Å²) in [6.45, 7) is 0.757. The van der Waals surface area contributed by atoms with E-state index in [1.54, 1.807) is 18.2 Å². The van der Waals surface area contributed by atoms with Gasteiger partial charge in [-0.05, 0) is 29.7 Å². The highest BCUT2D eigenvalue weighted by Crippen LogP contribution is 2.35. The standard InChI is InChI=1S/C18H15NO3/c20-17-13-7-3-4-8-14(13)22-18(21)15(17)16-12-6-2-1-5-11(12)9-10-19-16/h1-8,16,19-20H,9-10H2/t16-/m0/s1. The van der Waals surface area contributed by atoms with Crippen LogP contribution in [0.1, 0.15) is 22.7 Å². The number of nitrogens with one attached hydrogen (secondary N) is 1. The quantitative estimate of drug-likeness (QED) is 0.677. The molecule has 110 valence electrons. The third kappa shape index (κ3) is 1.92. The van der Waals surface area contributed by atoms with E-state index in [1.165, 1.54) is 5.56 Å². The zero-order chi connectivity index (χ0) is 15.1. The predicted octanol–water partition coefficient (Wildman–Crippen LogP) is 2.73. The zero-order valence-corrected chi connectivity index (χ0v) is 11.9. The van der Waals surface area contributed by atoms with Gasteiger partial charge in [0, 0.05) is 6.54 Å². The van der Waals surface area contributed by atoms with Crippen molar-refractivity contribution < 1.29 is 9.52 Å². The van der Waals surface area contributed by atoms with E-state index in [4.69, 9.17) is 4.42 Å². The fourth-order valence-corrected chi connectivity index (χ4v) is 3.16. The molecule has 2 heterocycles. The minimum Gasteiger partial charge on any atom is -0.507 e. The molecule has 0 fully saturated rings. The van der Waals surface area contributed by atoms with Crippen molar-refractivity contribution >= 4 is 11.0 Å². The molecule has 1 aliphatic heterocycles. The molecule has 0 bridgehead atoms. The Morgan fingerprint density at radius 2 is 1.86 bits per heavy atom. The van der Waals surface area contributed by atoms with Crippen molar-refractivity contribution in [3.63, 3.8) is 0 Å². The maximum absolute atomic E-state index is 12.4. The van der Waals surface area contributed by atoms with E-state index in [0.717, 1.165) is 18.5 Å². The van der Waals surface area contributed by atoms with Crippen LogP contribution in [0.15, 0.2) is 57.7 Å². The van der Waals surface area contributed by atoms with Crippen LogP contribution in [-0.4, -0.2) is 11.7 Å². The molecule has 22 heavy (non-hydrogen) atoms. The summed E-state index contributed by atoms with van der Waals surface area (Å²) in [5.74, 6) is 0.000975. The number of rotatable bonds is 1. The number of hydrogen-bond acceptors (Lipinski definition) is 4. The first-order valence-electron chi connectivity index (χ1n) is 7.31. The van der Waals surface area contributed by atoms with Gasteiger partial charge < -0.3 is 14.8 Å². The minimum absolute atomic E-state index is 0.000975. The Morgan fingerprint density at radius 3 is 2.77 bits per heavy atom. The number of aromatic hydroxyl groups is 1. The van der Waals surface area contributed by atoms with Gasteiger partial charge in [-0.3, -0.25) is 0 Å². The first kappa shape index (κ1) is 13.1. The average molecular weight is 293 g/mol.